The number of fused-ring (bicyclic) bond motifs is 7. The summed E-state index contributed by atoms with van der Waals surface area (Å²) in [5, 5.41) is 14.8. The van der Waals surface area contributed by atoms with Crippen molar-refractivity contribution in [3.63, 3.8) is 0 Å². The van der Waals surface area contributed by atoms with Crippen molar-refractivity contribution in [2.75, 3.05) is 44.3 Å². The SMILES string of the molecule is C=C(C)[C@@H]1CC[C@]2(NCCN3CCS(O)(O)CC3)CC[C@]3(C)[C@H](CC[C@@H]4[C@@]5(C)CC=C(C6=CCC(CCOc7nccc(C)n7)(C(=O)O)CC6)C(C)(C)[C@@H]5CC[C@]43C)[C@@H]12. The predicted molar refractivity (Wildman–Crippen MR) is 239 cm³/mol. The van der Waals surface area contributed by atoms with Crippen LogP contribution in [0.3, 0.4) is 0 Å². The van der Waals surface area contributed by atoms with Crippen LogP contribution in [0.5, 0.6) is 6.01 Å². The first-order valence-corrected chi connectivity index (χ1v) is 25.1. The maximum absolute atomic E-state index is 12.8. The molecule has 2 heterocycles. The molecule has 1 unspecified atom stereocenters. The van der Waals surface area contributed by atoms with Gasteiger partial charge in [0.1, 0.15) is 0 Å². The fraction of sp³-hybridized carbons (Fsp3) is 0.776. The predicted octanol–water partition coefficient (Wildman–Crippen LogP) is 10.3. The Hall–Kier alpha value is -2.24. The Labute approximate surface area is 357 Å². The van der Waals surface area contributed by atoms with Gasteiger partial charge in [0.15, 0.2) is 0 Å². The van der Waals surface area contributed by atoms with E-state index in [9.17, 15) is 19.0 Å². The number of aliphatic carboxylic acids is 1. The van der Waals surface area contributed by atoms with Crippen LogP contribution >= 0.6 is 10.6 Å². The molecule has 328 valence electrons. The summed E-state index contributed by atoms with van der Waals surface area (Å²) in [6.07, 6.45) is 20.2. The van der Waals surface area contributed by atoms with Crippen LogP contribution in [0.2, 0.25) is 0 Å². The van der Waals surface area contributed by atoms with Crippen molar-refractivity contribution in [1.82, 2.24) is 20.2 Å². The first kappa shape index (κ1) is 43.4. The molecule has 0 bridgehead atoms. The number of aryl methyl sites for hydroxylation is 1. The fourth-order valence-electron chi connectivity index (χ4n) is 15.6. The van der Waals surface area contributed by atoms with Crippen LogP contribution in [0.4, 0.5) is 0 Å². The number of nitrogens with one attached hydrogen (secondary N) is 1. The van der Waals surface area contributed by atoms with Gasteiger partial charge in [0.05, 0.1) is 23.5 Å². The summed E-state index contributed by atoms with van der Waals surface area (Å²) < 4.78 is 26.2. The van der Waals surface area contributed by atoms with Gasteiger partial charge >= 0.3 is 12.0 Å². The normalized spacial score (nSPS) is 41.9. The Bertz CT molecular complexity index is 1850. The summed E-state index contributed by atoms with van der Waals surface area (Å²) in [5.41, 5.74) is 5.17. The monoisotopic (exact) mass is 833 g/mol. The standard InChI is InChI=1S/C49H76N4O5S/c1-33(2)36-13-21-49(51-26-27-53-28-31-59(56,57)32-29-53)23-22-46(7)38(41(36)49)9-10-40-45(6)17-14-37(44(4,5)39(45)15-18-47(40,46)8)35-11-19-48(20-12-35,42(54)55)24-30-58-43-50-25-16-34(3)52-43/h11,14,16,25,36,38-41,51,56-57H,1,9-10,12-13,15,17-24,26-32H2,2-8H3,(H,54,55)/t36-,38+,39-,40+,41+,45-,46+,47+,48?,49-/m0/s1. The van der Waals surface area contributed by atoms with E-state index >= 15 is 0 Å². The van der Waals surface area contributed by atoms with Crippen LogP contribution in [-0.4, -0.2) is 84.9 Å². The highest BCUT2D eigenvalue weighted by molar-refractivity contribution is 8.24. The molecule has 6 aliphatic carbocycles. The minimum atomic E-state index is -2.37. The summed E-state index contributed by atoms with van der Waals surface area (Å²) in [7, 11) is -2.37. The molecule has 1 aromatic rings. The molecule has 4 N–H and O–H groups in total. The zero-order valence-electron chi connectivity index (χ0n) is 37.5. The Morgan fingerprint density at radius 2 is 1.73 bits per heavy atom. The van der Waals surface area contributed by atoms with Crippen molar-refractivity contribution >= 4 is 16.6 Å². The van der Waals surface area contributed by atoms with Crippen LogP contribution in [-0.2, 0) is 4.79 Å². The lowest BCUT2D eigenvalue weighted by molar-refractivity contribution is -0.221. The van der Waals surface area contributed by atoms with Gasteiger partial charge in [-0.1, -0.05) is 58.9 Å². The number of hydrogen-bond acceptors (Lipinski definition) is 8. The number of aromatic nitrogens is 2. The molecule has 7 aliphatic rings. The van der Waals surface area contributed by atoms with Gasteiger partial charge in [-0.25, -0.2) is 9.97 Å². The number of carbonyl (C=O) groups is 1. The zero-order valence-corrected chi connectivity index (χ0v) is 38.3. The second-order valence-corrected chi connectivity index (χ2v) is 24.4. The summed E-state index contributed by atoms with van der Waals surface area (Å²) in [6.45, 7) is 25.8. The average molecular weight is 833 g/mol. The largest absolute Gasteiger partial charge is 0.481 e. The highest BCUT2D eigenvalue weighted by atomic mass is 32.3. The van der Waals surface area contributed by atoms with Crippen molar-refractivity contribution < 1.29 is 23.7 Å². The minimum Gasteiger partial charge on any atom is -0.481 e. The van der Waals surface area contributed by atoms with Gasteiger partial charge in [0.2, 0.25) is 0 Å². The second-order valence-electron chi connectivity index (χ2n) is 22.0. The number of allylic oxidation sites excluding steroid dienone is 5. The van der Waals surface area contributed by atoms with Crippen LogP contribution in [0.25, 0.3) is 0 Å². The molecule has 1 aliphatic heterocycles. The van der Waals surface area contributed by atoms with E-state index < -0.39 is 22.0 Å². The van der Waals surface area contributed by atoms with Crippen molar-refractivity contribution in [2.24, 2.45) is 56.7 Å². The second kappa shape index (κ2) is 15.5. The third-order valence-corrected chi connectivity index (χ3v) is 20.7. The molecule has 9 nitrogen and oxygen atoms in total. The zero-order chi connectivity index (χ0) is 42.2. The molecule has 1 aromatic heterocycles. The maximum Gasteiger partial charge on any atom is 0.316 e. The molecule has 0 aromatic carbocycles. The number of carboxylic acid groups (broad SMARTS) is 1. The van der Waals surface area contributed by atoms with Gasteiger partial charge in [0, 0.05) is 43.6 Å². The Morgan fingerprint density at radius 1 is 0.966 bits per heavy atom. The smallest absolute Gasteiger partial charge is 0.316 e. The van der Waals surface area contributed by atoms with Crippen molar-refractivity contribution in [2.45, 2.75) is 137 Å². The maximum atomic E-state index is 12.8. The van der Waals surface area contributed by atoms with E-state index in [1.165, 1.54) is 68.1 Å². The van der Waals surface area contributed by atoms with Crippen LogP contribution in [0.15, 0.2) is 47.7 Å². The Kier molecular flexibility index (Phi) is 11.4. The fourth-order valence-corrected chi connectivity index (χ4v) is 16.9. The van der Waals surface area contributed by atoms with Crippen molar-refractivity contribution in [1.29, 1.82) is 0 Å². The van der Waals surface area contributed by atoms with Crippen LogP contribution in [0, 0.1) is 63.6 Å². The highest BCUT2D eigenvalue weighted by Crippen LogP contribution is 2.76. The Morgan fingerprint density at radius 3 is 2.41 bits per heavy atom. The Balaban J connectivity index is 0.988. The summed E-state index contributed by atoms with van der Waals surface area (Å²) in [6, 6.07) is 2.14. The summed E-state index contributed by atoms with van der Waals surface area (Å²) in [5.74, 6) is 3.41. The van der Waals surface area contributed by atoms with Gasteiger partial charge in [-0.15, -0.1) is 0 Å². The van der Waals surface area contributed by atoms with Gasteiger partial charge in [-0.05, 0) is 166 Å². The molecule has 8 rings (SSSR count). The van der Waals surface area contributed by atoms with Gasteiger partial charge in [0.25, 0.3) is 0 Å². The number of carboxylic acids is 1. The molecule has 10 heteroatoms. The van der Waals surface area contributed by atoms with Gasteiger partial charge in [-0.3, -0.25) is 18.8 Å². The first-order valence-electron chi connectivity index (χ1n) is 23.2. The molecule has 1 saturated heterocycles. The molecule has 0 amide bonds. The average Bonchev–Trinajstić information content (AvgIpc) is 3.56. The number of ether oxygens (including phenoxy) is 1. The number of hydrogen-bond donors (Lipinski definition) is 4. The highest BCUT2D eigenvalue weighted by Gasteiger charge is 2.70. The third-order valence-electron chi connectivity index (χ3n) is 19.0. The molecule has 0 radical (unpaired) electrons. The molecule has 4 saturated carbocycles. The van der Waals surface area contributed by atoms with Gasteiger partial charge in [-0.2, -0.15) is 10.6 Å². The third kappa shape index (κ3) is 7.28. The van der Waals surface area contributed by atoms with E-state index in [4.69, 9.17) is 4.74 Å². The number of rotatable bonds is 11. The quantitative estimate of drug-likeness (QED) is 0.161. The van der Waals surface area contributed by atoms with E-state index in [-0.39, 0.29) is 33.8 Å². The molecule has 59 heavy (non-hydrogen) atoms. The first-order chi connectivity index (χ1) is 27.8. The number of nitrogens with zero attached hydrogens (tertiary/aromatic N) is 3. The molecular formula is C49H76N4O5S. The minimum absolute atomic E-state index is 0.0143. The molecule has 5 fully saturated rings. The lowest BCUT2D eigenvalue weighted by Gasteiger charge is -2.72. The topological polar surface area (TPSA) is 128 Å². The molecule has 10 atom stereocenters. The van der Waals surface area contributed by atoms with Crippen LogP contribution < -0.4 is 10.1 Å². The molecule has 0 spiro atoms. The lowest BCUT2D eigenvalue weighted by atomic mass is 9.33. The lowest BCUT2D eigenvalue weighted by Crippen LogP contribution is -2.68. The van der Waals surface area contributed by atoms with Crippen LogP contribution in [0.1, 0.15) is 131 Å². The van der Waals surface area contributed by atoms with E-state index in [2.05, 4.69) is 80.5 Å². The van der Waals surface area contributed by atoms with Crippen molar-refractivity contribution in [3.8, 4) is 6.01 Å². The van der Waals surface area contributed by atoms with E-state index in [1.54, 1.807) is 6.20 Å². The molecular weight excluding hydrogens is 757 g/mol. The summed E-state index contributed by atoms with van der Waals surface area (Å²) >= 11 is 0. The van der Waals surface area contributed by atoms with E-state index in [0.717, 1.165) is 44.7 Å². The van der Waals surface area contributed by atoms with E-state index in [0.29, 0.717) is 66.4 Å². The van der Waals surface area contributed by atoms with Gasteiger partial charge < -0.3 is 15.2 Å². The summed E-state index contributed by atoms with van der Waals surface area (Å²) in [4.78, 5) is 23.8. The van der Waals surface area contributed by atoms with E-state index in [1.807, 2.05) is 13.0 Å². The van der Waals surface area contributed by atoms with Crippen molar-refractivity contribution in [3.05, 3.63) is 53.4 Å².